The normalized spacial score (nSPS) is 11.1. The maximum atomic E-state index is 13.4. The summed E-state index contributed by atoms with van der Waals surface area (Å²) in [7, 11) is 0. The van der Waals surface area contributed by atoms with Crippen molar-refractivity contribution < 1.29 is 4.79 Å². The molecule has 0 fully saturated rings. The number of aromatic nitrogens is 2. The summed E-state index contributed by atoms with van der Waals surface area (Å²) in [6, 6.07) is 5.46. The van der Waals surface area contributed by atoms with Gasteiger partial charge in [-0.1, -0.05) is 33.3 Å². The first-order valence-corrected chi connectivity index (χ1v) is 10.2. The van der Waals surface area contributed by atoms with Gasteiger partial charge in [0.2, 0.25) is 0 Å². The number of aryl methyl sites for hydroxylation is 2. The van der Waals surface area contributed by atoms with Crippen LogP contribution in [0.1, 0.15) is 61.5 Å². The molecule has 0 unspecified atom stereocenters. The second-order valence-electron chi connectivity index (χ2n) is 7.94. The molecule has 0 atom stereocenters. The van der Waals surface area contributed by atoms with Gasteiger partial charge in [-0.25, -0.2) is 4.79 Å². The first-order valence-electron chi connectivity index (χ1n) is 10.2. The van der Waals surface area contributed by atoms with Crippen LogP contribution < -0.4 is 21.9 Å². The van der Waals surface area contributed by atoms with Crippen LogP contribution in [-0.4, -0.2) is 22.0 Å². The van der Waals surface area contributed by atoms with Crippen LogP contribution in [-0.2, 0) is 6.54 Å². The van der Waals surface area contributed by atoms with Crippen molar-refractivity contribution in [2.24, 2.45) is 5.92 Å². The Labute approximate surface area is 171 Å². The summed E-state index contributed by atoms with van der Waals surface area (Å²) in [6.45, 7) is 10.8. The molecule has 0 aliphatic heterocycles. The molecule has 29 heavy (non-hydrogen) atoms. The fourth-order valence-electron chi connectivity index (χ4n) is 3.11. The van der Waals surface area contributed by atoms with Gasteiger partial charge in [0.25, 0.3) is 11.5 Å². The average molecular weight is 401 g/mol. The number of aromatic amines is 1. The molecule has 7 heteroatoms. The smallest absolute Gasteiger partial charge is 0.330 e. The molecule has 2 rings (SSSR count). The van der Waals surface area contributed by atoms with E-state index in [1.807, 2.05) is 32.9 Å². The van der Waals surface area contributed by atoms with Gasteiger partial charge in [-0.3, -0.25) is 19.1 Å². The Hall–Kier alpha value is -2.83. The predicted octanol–water partition coefficient (Wildman–Crippen LogP) is 3.23. The van der Waals surface area contributed by atoms with Crippen molar-refractivity contribution in [2.45, 2.75) is 60.4 Å². The van der Waals surface area contributed by atoms with E-state index in [0.29, 0.717) is 31.0 Å². The Kier molecular flexibility index (Phi) is 7.42. The van der Waals surface area contributed by atoms with Gasteiger partial charge in [-0.05, 0) is 55.9 Å². The number of carbonyl (C=O) groups is 1. The molecule has 0 saturated heterocycles. The lowest BCUT2D eigenvalue weighted by molar-refractivity contribution is 0.0985. The second-order valence-corrected chi connectivity index (χ2v) is 7.94. The van der Waals surface area contributed by atoms with E-state index in [0.717, 1.165) is 24.0 Å². The van der Waals surface area contributed by atoms with Crippen LogP contribution in [0, 0.1) is 19.8 Å². The molecule has 158 valence electrons. The van der Waals surface area contributed by atoms with Crippen LogP contribution in [0.3, 0.4) is 0 Å². The van der Waals surface area contributed by atoms with Crippen LogP contribution >= 0.6 is 0 Å². The number of H-pyrrole nitrogens is 1. The number of amides is 1. The van der Waals surface area contributed by atoms with Crippen LogP contribution in [0.5, 0.6) is 0 Å². The fraction of sp³-hybridized carbons (Fsp3) is 0.500. The highest BCUT2D eigenvalue weighted by Gasteiger charge is 2.25. The van der Waals surface area contributed by atoms with Crippen molar-refractivity contribution in [3.05, 3.63) is 55.7 Å². The number of hydrogen-bond donors (Lipinski definition) is 2. The number of benzene rings is 1. The minimum atomic E-state index is -0.638. The van der Waals surface area contributed by atoms with Crippen molar-refractivity contribution in [1.29, 1.82) is 0 Å². The maximum Gasteiger partial charge on any atom is 0.330 e. The Morgan fingerprint density at radius 2 is 1.90 bits per heavy atom. The molecule has 1 aromatic carbocycles. The number of nitrogens with one attached hydrogen (secondary N) is 1. The van der Waals surface area contributed by atoms with E-state index >= 15 is 0 Å². The summed E-state index contributed by atoms with van der Waals surface area (Å²) in [5, 5.41) is 0. The highest BCUT2D eigenvalue weighted by Crippen LogP contribution is 2.22. The minimum Gasteiger partial charge on any atom is -0.383 e. The first kappa shape index (κ1) is 22.5. The van der Waals surface area contributed by atoms with Gasteiger partial charge < -0.3 is 10.6 Å². The number of unbranched alkanes of at least 4 members (excludes halogenated alkanes) is 1. The zero-order valence-electron chi connectivity index (χ0n) is 18.0. The van der Waals surface area contributed by atoms with E-state index in [2.05, 4.69) is 18.8 Å². The third kappa shape index (κ3) is 5.16. The topological polar surface area (TPSA) is 101 Å². The Balaban J connectivity index is 2.60. The van der Waals surface area contributed by atoms with Gasteiger partial charge in [0.05, 0.1) is 0 Å². The lowest BCUT2D eigenvalue weighted by atomic mass is 10.0. The molecule has 0 saturated carbocycles. The number of anilines is 2. The summed E-state index contributed by atoms with van der Waals surface area (Å²) in [4.78, 5) is 42.1. The molecule has 7 nitrogen and oxygen atoms in total. The predicted molar refractivity (Wildman–Crippen MR) is 118 cm³/mol. The quantitative estimate of drug-likeness (QED) is 0.710. The van der Waals surface area contributed by atoms with Gasteiger partial charge in [-0.2, -0.15) is 0 Å². The molecular weight excluding hydrogens is 368 g/mol. The summed E-state index contributed by atoms with van der Waals surface area (Å²) >= 11 is 0. The lowest BCUT2D eigenvalue weighted by Gasteiger charge is -2.25. The monoisotopic (exact) mass is 400 g/mol. The Morgan fingerprint density at radius 1 is 1.21 bits per heavy atom. The van der Waals surface area contributed by atoms with Crippen LogP contribution in [0.4, 0.5) is 11.5 Å². The molecule has 0 spiro atoms. The van der Waals surface area contributed by atoms with Gasteiger partial charge >= 0.3 is 5.69 Å². The van der Waals surface area contributed by atoms with Gasteiger partial charge in [-0.15, -0.1) is 0 Å². The molecule has 1 amide bonds. The SMILES string of the molecule is CCCCn1c(N)c(N(CCC(C)C)C(=O)c2ccc(C)c(C)c2)c(=O)[nH]c1=O. The van der Waals surface area contributed by atoms with Crippen molar-refractivity contribution in [3.8, 4) is 0 Å². The van der Waals surface area contributed by atoms with E-state index in [1.54, 1.807) is 6.07 Å². The number of nitrogen functional groups attached to an aromatic ring is 1. The number of hydrogen-bond acceptors (Lipinski definition) is 4. The molecule has 2 aromatic rings. The van der Waals surface area contributed by atoms with E-state index in [1.165, 1.54) is 9.47 Å². The van der Waals surface area contributed by atoms with Gasteiger partial charge in [0.1, 0.15) is 5.82 Å². The molecule has 0 radical (unpaired) electrons. The number of nitrogens with two attached hydrogens (primary N) is 1. The van der Waals surface area contributed by atoms with Crippen molar-refractivity contribution in [1.82, 2.24) is 9.55 Å². The average Bonchev–Trinajstić information content (AvgIpc) is 2.65. The number of carbonyl (C=O) groups excluding carboxylic acids is 1. The standard InChI is InChI=1S/C22H32N4O3/c1-6-7-11-26-19(23)18(20(27)24-22(26)29)25(12-10-14(2)3)21(28)17-9-8-15(4)16(5)13-17/h8-9,13-14H,6-7,10-12,23H2,1-5H3,(H,24,27,29). The molecular formula is C22H32N4O3. The van der Waals surface area contributed by atoms with Gasteiger partial charge in [0, 0.05) is 18.7 Å². The summed E-state index contributed by atoms with van der Waals surface area (Å²) in [5.41, 5.74) is 7.68. The summed E-state index contributed by atoms with van der Waals surface area (Å²) in [6.07, 6.45) is 2.31. The third-order valence-corrected chi connectivity index (χ3v) is 5.15. The third-order valence-electron chi connectivity index (χ3n) is 5.15. The number of rotatable bonds is 8. The second kappa shape index (κ2) is 9.58. The summed E-state index contributed by atoms with van der Waals surface area (Å²) < 4.78 is 1.34. The highest BCUT2D eigenvalue weighted by molar-refractivity contribution is 6.07. The fourth-order valence-corrected chi connectivity index (χ4v) is 3.11. The van der Waals surface area contributed by atoms with Crippen molar-refractivity contribution in [2.75, 3.05) is 17.2 Å². The van der Waals surface area contributed by atoms with E-state index in [9.17, 15) is 14.4 Å². The van der Waals surface area contributed by atoms with Crippen molar-refractivity contribution >= 4 is 17.4 Å². The molecule has 0 aliphatic rings. The molecule has 1 aromatic heterocycles. The zero-order valence-corrected chi connectivity index (χ0v) is 18.0. The lowest BCUT2D eigenvalue weighted by Crippen LogP contribution is -2.42. The largest absolute Gasteiger partial charge is 0.383 e. The van der Waals surface area contributed by atoms with Crippen LogP contribution in [0.2, 0.25) is 0 Å². The molecule has 3 N–H and O–H groups in total. The zero-order chi connectivity index (χ0) is 21.7. The number of nitrogens with zero attached hydrogens (tertiary/aromatic N) is 2. The molecule has 0 aliphatic carbocycles. The first-order chi connectivity index (χ1) is 13.7. The highest BCUT2D eigenvalue weighted by atomic mass is 16.2. The summed E-state index contributed by atoms with van der Waals surface area (Å²) in [5.74, 6) is 0.0659. The molecule has 0 bridgehead atoms. The molecule has 1 heterocycles. The van der Waals surface area contributed by atoms with E-state index < -0.39 is 11.2 Å². The van der Waals surface area contributed by atoms with E-state index in [4.69, 9.17) is 5.73 Å². The minimum absolute atomic E-state index is 0.0353. The van der Waals surface area contributed by atoms with Crippen LogP contribution in [0.25, 0.3) is 0 Å². The Morgan fingerprint density at radius 3 is 2.48 bits per heavy atom. The van der Waals surface area contributed by atoms with E-state index in [-0.39, 0.29) is 17.4 Å². The maximum absolute atomic E-state index is 13.4. The Bertz CT molecular complexity index is 989. The van der Waals surface area contributed by atoms with Crippen molar-refractivity contribution in [3.63, 3.8) is 0 Å². The van der Waals surface area contributed by atoms with Gasteiger partial charge in [0.15, 0.2) is 5.69 Å². The van der Waals surface area contributed by atoms with Crippen LogP contribution in [0.15, 0.2) is 27.8 Å².